The third-order valence-electron chi connectivity index (χ3n) is 2.90. The van der Waals surface area contributed by atoms with E-state index in [0.717, 1.165) is 25.0 Å². The average molecular weight is 288 g/mol. The van der Waals surface area contributed by atoms with E-state index >= 15 is 0 Å². The molecule has 0 radical (unpaired) electrons. The fourth-order valence-corrected chi connectivity index (χ4v) is 2.54. The molecule has 0 N–H and O–H groups in total. The molecule has 1 aliphatic carbocycles. The predicted molar refractivity (Wildman–Crippen MR) is 60.7 cm³/mol. The Balaban J connectivity index is 2.12. The van der Waals surface area contributed by atoms with Gasteiger partial charge in [0.05, 0.1) is 6.10 Å². The molecule has 0 saturated heterocycles. The zero-order valence-corrected chi connectivity index (χ0v) is 10.4. The lowest BCUT2D eigenvalue weighted by atomic mass is 9.84. The molecule has 2 rings (SSSR count). The molecule has 1 aromatic carbocycles. The minimum Gasteiger partial charge on any atom is -0.490 e. The average Bonchev–Trinajstić information content (AvgIpc) is 2.12. The molecule has 0 aliphatic heterocycles. The topological polar surface area (TPSA) is 9.23 Å². The zero-order valence-electron chi connectivity index (χ0n) is 9.58. The second-order valence-electron chi connectivity index (χ2n) is 4.76. The van der Waals surface area contributed by atoms with Crippen molar-refractivity contribution in [3.8, 4) is 5.75 Å². The van der Waals surface area contributed by atoms with Gasteiger partial charge >= 0.3 is 10.2 Å². The van der Waals surface area contributed by atoms with Gasteiger partial charge in [-0.05, 0) is 43.0 Å². The molecule has 0 amide bonds. The van der Waals surface area contributed by atoms with E-state index in [2.05, 4.69) is 0 Å². The number of benzene rings is 1. The van der Waals surface area contributed by atoms with Crippen LogP contribution in [0.4, 0.5) is 19.4 Å². The minimum atomic E-state index is -9.56. The van der Waals surface area contributed by atoms with Crippen molar-refractivity contribution >= 4 is 10.2 Å². The summed E-state index contributed by atoms with van der Waals surface area (Å²) in [5, 5.41) is 0. The van der Waals surface area contributed by atoms with Crippen LogP contribution in [-0.2, 0) is 0 Å². The van der Waals surface area contributed by atoms with Gasteiger partial charge in [0.15, 0.2) is 0 Å². The van der Waals surface area contributed by atoms with Crippen LogP contribution >= 0.6 is 10.2 Å². The summed E-state index contributed by atoms with van der Waals surface area (Å²) >= 11 is 0. The quantitative estimate of drug-likeness (QED) is 0.665. The third-order valence-corrected chi connectivity index (χ3v) is 4.07. The fourth-order valence-electron chi connectivity index (χ4n) is 1.89. The van der Waals surface area contributed by atoms with Crippen molar-refractivity contribution in [2.45, 2.75) is 30.8 Å². The van der Waals surface area contributed by atoms with Gasteiger partial charge in [0, 0.05) is 0 Å². The standard InChI is InChI=1S/C11H13F5OS/c1-8-6-10(7-8)17-9-2-4-11(5-3-9)18(12,13,14,15)16/h2-5,8,10H,6-7H2,1H3. The summed E-state index contributed by atoms with van der Waals surface area (Å²) < 4.78 is 67.5. The first-order valence-corrected chi connectivity index (χ1v) is 7.40. The van der Waals surface area contributed by atoms with Crippen LogP contribution in [0.15, 0.2) is 29.2 Å². The molecule has 0 unspecified atom stereocenters. The first-order chi connectivity index (χ1) is 7.94. The van der Waals surface area contributed by atoms with Crippen molar-refractivity contribution in [1.29, 1.82) is 0 Å². The lowest BCUT2D eigenvalue weighted by molar-refractivity contribution is 0.0738. The largest absolute Gasteiger partial charge is 0.490 e. The molecule has 1 aromatic rings. The van der Waals surface area contributed by atoms with Gasteiger partial charge < -0.3 is 4.74 Å². The van der Waals surface area contributed by atoms with E-state index in [1.807, 2.05) is 6.92 Å². The maximum absolute atomic E-state index is 12.4. The third kappa shape index (κ3) is 3.07. The summed E-state index contributed by atoms with van der Waals surface area (Å²) in [4.78, 5) is -1.88. The number of ether oxygens (including phenoxy) is 1. The van der Waals surface area contributed by atoms with E-state index in [-0.39, 0.29) is 11.9 Å². The van der Waals surface area contributed by atoms with E-state index in [0.29, 0.717) is 18.1 Å². The summed E-state index contributed by atoms with van der Waals surface area (Å²) in [6.07, 6.45) is 1.65. The number of hydrogen-bond donors (Lipinski definition) is 0. The van der Waals surface area contributed by atoms with Gasteiger partial charge in [0.1, 0.15) is 10.6 Å². The van der Waals surface area contributed by atoms with Crippen molar-refractivity contribution < 1.29 is 24.2 Å². The molecule has 0 heterocycles. The van der Waals surface area contributed by atoms with Crippen molar-refractivity contribution in [2.75, 3.05) is 0 Å². The smallest absolute Gasteiger partial charge is 0.310 e. The van der Waals surface area contributed by atoms with Crippen LogP contribution in [0.3, 0.4) is 0 Å². The van der Waals surface area contributed by atoms with E-state index in [1.165, 1.54) is 0 Å². The first kappa shape index (κ1) is 13.5. The van der Waals surface area contributed by atoms with Crippen LogP contribution in [0, 0.1) is 5.92 Å². The molecule has 0 aromatic heterocycles. The van der Waals surface area contributed by atoms with Crippen LogP contribution in [0.5, 0.6) is 5.75 Å². The van der Waals surface area contributed by atoms with Crippen molar-refractivity contribution in [2.24, 2.45) is 5.92 Å². The van der Waals surface area contributed by atoms with Gasteiger partial charge in [-0.25, -0.2) is 0 Å². The molecular formula is C11H13F5OS. The number of hydrogen-bond acceptors (Lipinski definition) is 1. The first-order valence-electron chi connectivity index (χ1n) is 5.45. The predicted octanol–water partition coefficient (Wildman–Crippen LogP) is 5.52. The summed E-state index contributed by atoms with van der Waals surface area (Å²) in [5.74, 6) is 0.733. The van der Waals surface area contributed by atoms with Crippen LogP contribution < -0.4 is 4.74 Å². The second kappa shape index (κ2) is 3.31. The zero-order chi connectivity index (χ0) is 13.7. The van der Waals surface area contributed by atoms with Gasteiger partial charge in [0.25, 0.3) is 0 Å². The Hall–Kier alpha value is -0.980. The molecule has 104 valence electrons. The molecule has 1 nitrogen and oxygen atoms in total. The van der Waals surface area contributed by atoms with E-state index in [1.54, 1.807) is 0 Å². The van der Waals surface area contributed by atoms with Crippen molar-refractivity contribution in [3.05, 3.63) is 24.3 Å². The van der Waals surface area contributed by atoms with E-state index < -0.39 is 15.1 Å². The maximum atomic E-state index is 12.4. The highest BCUT2D eigenvalue weighted by molar-refractivity contribution is 8.45. The molecule has 1 fully saturated rings. The lowest BCUT2D eigenvalue weighted by Crippen LogP contribution is -2.31. The van der Waals surface area contributed by atoms with E-state index in [4.69, 9.17) is 4.74 Å². The lowest BCUT2D eigenvalue weighted by Gasteiger charge is -2.40. The Morgan fingerprint density at radius 2 is 1.50 bits per heavy atom. The number of rotatable bonds is 3. The molecule has 7 heteroatoms. The van der Waals surface area contributed by atoms with Crippen LogP contribution in [-0.4, -0.2) is 6.10 Å². The Labute approximate surface area is 102 Å². The second-order valence-corrected chi connectivity index (χ2v) is 7.17. The summed E-state index contributed by atoms with van der Waals surface area (Å²) in [6.45, 7) is 2.04. The molecular weight excluding hydrogens is 275 g/mol. The van der Waals surface area contributed by atoms with Crippen molar-refractivity contribution in [1.82, 2.24) is 0 Å². The molecule has 0 atom stereocenters. The molecule has 1 saturated carbocycles. The van der Waals surface area contributed by atoms with E-state index in [9.17, 15) is 19.4 Å². The van der Waals surface area contributed by atoms with Gasteiger partial charge in [-0.15, -0.1) is 0 Å². The van der Waals surface area contributed by atoms with Gasteiger partial charge in [-0.3, -0.25) is 0 Å². The summed E-state index contributed by atoms with van der Waals surface area (Å²) in [6, 6.07) is 2.63. The molecule has 0 spiro atoms. The van der Waals surface area contributed by atoms with Gasteiger partial charge in [-0.1, -0.05) is 26.4 Å². The van der Waals surface area contributed by atoms with Crippen LogP contribution in [0.1, 0.15) is 19.8 Å². The molecule has 1 aliphatic rings. The maximum Gasteiger partial charge on any atom is 0.310 e. The highest BCUT2D eigenvalue weighted by Crippen LogP contribution is 3.02. The molecule has 0 bridgehead atoms. The fraction of sp³-hybridized carbons (Fsp3) is 0.455. The van der Waals surface area contributed by atoms with Gasteiger partial charge in [0.2, 0.25) is 0 Å². The highest BCUT2D eigenvalue weighted by Gasteiger charge is 2.65. The van der Waals surface area contributed by atoms with Gasteiger partial charge in [-0.2, -0.15) is 0 Å². The normalized spacial score (nSPS) is 27.9. The Bertz CT molecular complexity index is 446. The minimum absolute atomic E-state index is 0.0224. The highest BCUT2D eigenvalue weighted by atomic mass is 32.5. The number of halogens is 5. The molecule has 18 heavy (non-hydrogen) atoms. The van der Waals surface area contributed by atoms with Crippen molar-refractivity contribution in [3.63, 3.8) is 0 Å². The van der Waals surface area contributed by atoms with Crippen LogP contribution in [0.2, 0.25) is 0 Å². The Morgan fingerprint density at radius 3 is 1.89 bits per heavy atom. The monoisotopic (exact) mass is 288 g/mol. The summed E-state index contributed by atoms with van der Waals surface area (Å²) in [5.41, 5.74) is 0. The SMILES string of the molecule is CC1CC(Oc2ccc(S(F)(F)(F)(F)F)cc2)C1. The Morgan fingerprint density at radius 1 is 1.00 bits per heavy atom. The van der Waals surface area contributed by atoms with Crippen LogP contribution in [0.25, 0.3) is 0 Å². The summed E-state index contributed by atoms with van der Waals surface area (Å²) in [7, 11) is -9.56. The Kier molecular flexibility index (Phi) is 2.48.